The zero-order chi connectivity index (χ0) is 10.0. The molecule has 1 atom stereocenters. The first kappa shape index (κ1) is 10.7. The molecule has 1 saturated heterocycles. The molecule has 4 heteroatoms. The van der Waals surface area contributed by atoms with Gasteiger partial charge in [0.15, 0.2) is 4.67 Å². The average molecular weight is 324 g/mol. The van der Waals surface area contributed by atoms with Crippen molar-refractivity contribution in [2.75, 3.05) is 18.5 Å². The lowest BCUT2D eigenvalue weighted by atomic mass is 9.85. The molecular weight excluding hydrogens is 312 g/mol. The highest BCUT2D eigenvalue weighted by molar-refractivity contribution is 9.10. The molecule has 1 fully saturated rings. The predicted octanol–water partition coefficient (Wildman–Crippen LogP) is 3.39. The van der Waals surface area contributed by atoms with Crippen LogP contribution in [0, 0.1) is 5.41 Å². The highest BCUT2D eigenvalue weighted by Crippen LogP contribution is 2.35. The van der Waals surface area contributed by atoms with Crippen molar-refractivity contribution in [1.82, 2.24) is 0 Å². The van der Waals surface area contributed by atoms with Crippen LogP contribution in [0.5, 0.6) is 0 Å². The average Bonchev–Trinajstić information content (AvgIpc) is 2.77. The summed E-state index contributed by atoms with van der Waals surface area (Å²) in [7, 11) is 0. The van der Waals surface area contributed by atoms with Crippen molar-refractivity contribution < 1.29 is 9.15 Å². The van der Waals surface area contributed by atoms with Crippen molar-refractivity contribution in [3.8, 4) is 0 Å². The van der Waals surface area contributed by atoms with Gasteiger partial charge in [0.2, 0.25) is 0 Å². The van der Waals surface area contributed by atoms with Gasteiger partial charge in [0.25, 0.3) is 0 Å². The van der Waals surface area contributed by atoms with Gasteiger partial charge in [-0.15, -0.1) is 0 Å². The van der Waals surface area contributed by atoms with Gasteiger partial charge in [-0.3, -0.25) is 0 Å². The van der Waals surface area contributed by atoms with Crippen molar-refractivity contribution in [1.29, 1.82) is 0 Å². The zero-order valence-electron chi connectivity index (χ0n) is 7.76. The van der Waals surface area contributed by atoms with E-state index in [2.05, 4.69) is 31.9 Å². The van der Waals surface area contributed by atoms with Crippen molar-refractivity contribution in [2.24, 2.45) is 5.41 Å². The van der Waals surface area contributed by atoms with Crippen LogP contribution < -0.4 is 0 Å². The minimum Gasteiger partial charge on any atom is -0.454 e. The maximum atomic E-state index is 5.51. The van der Waals surface area contributed by atoms with Gasteiger partial charge in [0, 0.05) is 23.8 Å². The zero-order valence-corrected chi connectivity index (χ0v) is 10.9. The molecule has 0 aliphatic carbocycles. The van der Waals surface area contributed by atoms with E-state index in [-0.39, 0.29) is 5.41 Å². The second kappa shape index (κ2) is 4.37. The molecule has 14 heavy (non-hydrogen) atoms. The Labute approximate surface area is 100 Å². The molecule has 1 unspecified atom stereocenters. The summed E-state index contributed by atoms with van der Waals surface area (Å²) in [5, 5.41) is 0.971. The summed E-state index contributed by atoms with van der Waals surface area (Å²) in [6, 6.07) is 3.96. The molecule has 78 valence electrons. The van der Waals surface area contributed by atoms with Crippen molar-refractivity contribution in [3.63, 3.8) is 0 Å². The molecule has 1 aromatic heterocycles. The van der Waals surface area contributed by atoms with Gasteiger partial charge in [-0.05, 0) is 34.5 Å². The third-order valence-corrected chi connectivity index (χ3v) is 4.26. The van der Waals surface area contributed by atoms with Gasteiger partial charge >= 0.3 is 0 Å². The van der Waals surface area contributed by atoms with E-state index in [1.165, 1.54) is 0 Å². The number of ether oxygens (including phenoxy) is 1. The second-order valence-electron chi connectivity index (χ2n) is 3.82. The van der Waals surface area contributed by atoms with Crippen molar-refractivity contribution in [2.45, 2.75) is 12.8 Å². The van der Waals surface area contributed by atoms with E-state index in [0.717, 1.165) is 41.8 Å². The fourth-order valence-corrected chi connectivity index (χ4v) is 2.74. The highest BCUT2D eigenvalue weighted by Gasteiger charge is 2.34. The normalized spacial score (nSPS) is 27.0. The SMILES string of the molecule is BrCC1(Cc2ccc(Br)o2)CCOC1. The van der Waals surface area contributed by atoms with Crippen LogP contribution in [0.25, 0.3) is 0 Å². The molecule has 0 amide bonds. The fraction of sp³-hybridized carbons (Fsp3) is 0.600. The number of hydrogen-bond acceptors (Lipinski definition) is 2. The Morgan fingerprint density at radius 3 is 2.79 bits per heavy atom. The van der Waals surface area contributed by atoms with E-state index >= 15 is 0 Å². The lowest BCUT2D eigenvalue weighted by Crippen LogP contribution is -2.25. The Morgan fingerprint density at radius 1 is 1.43 bits per heavy atom. The standard InChI is InChI=1S/C10H12Br2O2/c11-6-10(3-4-13-7-10)5-8-1-2-9(12)14-8/h1-2H,3-7H2. The number of halogens is 2. The summed E-state index contributed by atoms with van der Waals surface area (Å²) in [6.45, 7) is 1.70. The Kier molecular flexibility index (Phi) is 3.34. The quantitative estimate of drug-likeness (QED) is 0.796. The molecule has 0 saturated carbocycles. The van der Waals surface area contributed by atoms with Crippen LogP contribution in [0.2, 0.25) is 0 Å². The largest absolute Gasteiger partial charge is 0.454 e. The van der Waals surface area contributed by atoms with Gasteiger partial charge in [-0.1, -0.05) is 15.9 Å². The molecule has 2 nitrogen and oxygen atoms in total. The van der Waals surface area contributed by atoms with Crippen LogP contribution in [-0.4, -0.2) is 18.5 Å². The van der Waals surface area contributed by atoms with E-state index in [1.54, 1.807) is 0 Å². The molecular formula is C10H12Br2O2. The maximum absolute atomic E-state index is 5.51. The summed E-state index contributed by atoms with van der Waals surface area (Å²) in [5.74, 6) is 1.03. The molecule has 1 aromatic rings. The van der Waals surface area contributed by atoms with Crippen LogP contribution in [0.4, 0.5) is 0 Å². The third-order valence-electron chi connectivity index (χ3n) is 2.65. The second-order valence-corrected chi connectivity index (χ2v) is 5.16. The van der Waals surface area contributed by atoms with Crippen LogP contribution >= 0.6 is 31.9 Å². The summed E-state index contributed by atoms with van der Waals surface area (Å²) >= 11 is 6.88. The van der Waals surface area contributed by atoms with E-state index in [4.69, 9.17) is 9.15 Å². The molecule has 0 aromatic carbocycles. The first-order chi connectivity index (χ1) is 6.74. The van der Waals surface area contributed by atoms with Crippen LogP contribution in [0.3, 0.4) is 0 Å². The maximum Gasteiger partial charge on any atom is 0.169 e. The van der Waals surface area contributed by atoms with Crippen LogP contribution in [0.1, 0.15) is 12.2 Å². The fourth-order valence-electron chi connectivity index (χ4n) is 1.76. The number of rotatable bonds is 3. The minimum absolute atomic E-state index is 0.233. The molecule has 2 heterocycles. The van der Waals surface area contributed by atoms with Gasteiger partial charge in [0.1, 0.15) is 5.76 Å². The Morgan fingerprint density at radius 2 is 2.29 bits per heavy atom. The Hall–Kier alpha value is 0.200. The summed E-state index contributed by atoms with van der Waals surface area (Å²) in [6.07, 6.45) is 2.06. The molecule has 1 aliphatic rings. The minimum atomic E-state index is 0.233. The van der Waals surface area contributed by atoms with E-state index in [0.29, 0.717) is 0 Å². The molecule has 2 rings (SSSR count). The van der Waals surface area contributed by atoms with Crippen molar-refractivity contribution in [3.05, 3.63) is 22.6 Å². The summed E-state index contributed by atoms with van der Waals surface area (Å²) < 4.78 is 11.8. The highest BCUT2D eigenvalue weighted by atomic mass is 79.9. The smallest absolute Gasteiger partial charge is 0.169 e. The van der Waals surface area contributed by atoms with Gasteiger partial charge in [-0.25, -0.2) is 0 Å². The van der Waals surface area contributed by atoms with E-state index < -0.39 is 0 Å². The molecule has 0 bridgehead atoms. The summed E-state index contributed by atoms with van der Waals surface area (Å²) in [5.41, 5.74) is 0.233. The van der Waals surface area contributed by atoms with Crippen LogP contribution in [-0.2, 0) is 11.2 Å². The van der Waals surface area contributed by atoms with Crippen LogP contribution in [0.15, 0.2) is 21.2 Å². The molecule has 0 radical (unpaired) electrons. The van der Waals surface area contributed by atoms with E-state index in [9.17, 15) is 0 Å². The molecule has 1 aliphatic heterocycles. The topological polar surface area (TPSA) is 22.4 Å². The van der Waals surface area contributed by atoms with Crippen molar-refractivity contribution >= 4 is 31.9 Å². The number of hydrogen-bond donors (Lipinski definition) is 0. The lowest BCUT2D eigenvalue weighted by molar-refractivity contribution is 0.159. The monoisotopic (exact) mass is 322 g/mol. The Balaban J connectivity index is 2.08. The molecule has 0 N–H and O–H groups in total. The molecule has 0 spiro atoms. The van der Waals surface area contributed by atoms with Gasteiger partial charge < -0.3 is 9.15 Å². The predicted molar refractivity (Wildman–Crippen MR) is 61.8 cm³/mol. The van der Waals surface area contributed by atoms with E-state index in [1.807, 2.05) is 12.1 Å². The Bertz CT molecular complexity index is 303. The third kappa shape index (κ3) is 2.23. The summed E-state index contributed by atoms with van der Waals surface area (Å²) in [4.78, 5) is 0. The first-order valence-corrected chi connectivity index (χ1v) is 6.53. The lowest BCUT2D eigenvalue weighted by Gasteiger charge is -2.22. The van der Waals surface area contributed by atoms with Gasteiger partial charge in [-0.2, -0.15) is 0 Å². The van der Waals surface area contributed by atoms with Gasteiger partial charge in [0.05, 0.1) is 6.61 Å². The number of alkyl halides is 1. The first-order valence-electron chi connectivity index (χ1n) is 4.62. The number of furan rings is 1.